The summed E-state index contributed by atoms with van der Waals surface area (Å²) in [6.45, 7) is 3.78. The Morgan fingerprint density at radius 3 is 2.48 bits per heavy atom. The molecule has 0 aromatic carbocycles. The number of carbonyl (C=O) groups is 2. The zero-order valence-electron chi connectivity index (χ0n) is 14.7. The molecule has 0 aliphatic carbocycles. The zero-order chi connectivity index (χ0) is 19.2. The predicted molar refractivity (Wildman–Crippen MR) is 98.4 cm³/mol. The maximum Gasteiger partial charge on any atom is 0.328 e. The number of aliphatic carboxylic acids is 2. The van der Waals surface area contributed by atoms with Gasteiger partial charge in [0, 0.05) is 25.1 Å². The largest absolute Gasteiger partial charge is 0.478 e. The molecule has 144 valence electrons. The van der Waals surface area contributed by atoms with Crippen LogP contribution in [0.4, 0.5) is 0 Å². The SMILES string of the molecule is O=C(O)/C=C/C(=O)O.c1csc(-c2noc(CC3CN4CCC3CC4)n2)c1. The fourth-order valence-corrected chi connectivity index (χ4v) is 4.18. The van der Waals surface area contributed by atoms with Gasteiger partial charge in [0.1, 0.15) is 0 Å². The third-order valence-electron chi connectivity index (χ3n) is 4.81. The highest BCUT2D eigenvalue weighted by Gasteiger charge is 2.35. The van der Waals surface area contributed by atoms with Gasteiger partial charge in [0.05, 0.1) is 4.88 Å². The molecule has 3 saturated heterocycles. The van der Waals surface area contributed by atoms with Crippen molar-refractivity contribution in [3.05, 3.63) is 35.6 Å². The molecule has 1 atom stereocenters. The van der Waals surface area contributed by atoms with Gasteiger partial charge in [-0.3, -0.25) is 0 Å². The van der Waals surface area contributed by atoms with Crippen molar-refractivity contribution in [3.63, 3.8) is 0 Å². The molecule has 3 aliphatic heterocycles. The fraction of sp³-hybridized carbons (Fsp3) is 0.444. The molecule has 2 N–H and O–H groups in total. The van der Waals surface area contributed by atoms with E-state index in [-0.39, 0.29) is 0 Å². The Morgan fingerprint density at radius 1 is 1.26 bits per heavy atom. The van der Waals surface area contributed by atoms with E-state index in [2.05, 4.69) is 15.0 Å². The van der Waals surface area contributed by atoms with Gasteiger partial charge < -0.3 is 19.6 Å². The van der Waals surface area contributed by atoms with E-state index in [0.717, 1.165) is 28.9 Å². The van der Waals surface area contributed by atoms with Crippen molar-refractivity contribution < 1.29 is 24.3 Å². The molecule has 5 rings (SSSR count). The normalized spacial score (nSPS) is 23.8. The Labute approximate surface area is 160 Å². The highest BCUT2D eigenvalue weighted by Crippen LogP contribution is 2.34. The third-order valence-corrected chi connectivity index (χ3v) is 5.67. The van der Waals surface area contributed by atoms with Crippen LogP contribution in [0.2, 0.25) is 0 Å². The maximum absolute atomic E-state index is 9.55. The second-order valence-electron chi connectivity index (χ2n) is 6.60. The van der Waals surface area contributed by atoms with E-state index in [9.17, 15) is 9.59 Å². The van der Waals surface area contributed by atoms with Crippen molar-refractivity contribution in [1.82, 2.24) is 15.0 Å². The standard InChI is InChI=1S/C14H17N3OS.C4H4O4/c1-2-12(19-7-1)14-15-13(18-16-14)8-11-9-17-5-3-10(11)4-6-17;5-3(6)1-2-4(7)8/h1-2,7,10-11H,3-6,8-9H2;1-2H,(H,5,6)(H,7,8)/b;2-1+. The molecule has 2 aromatic rings. The third kappa shape index (κ3) is 5.48. The summed E-state index contributed by atoms with van der Waals surface area (Å²) in [5.41, 5.74) is 0. The van der Waals surface area contributed by atoms with Gasteiger partial charge >= 0.3 is 11.9 Å². The van der Waals surface area contributed by atoms with Crippen LogP contribution < -0.4 is 0 Å². The number of thiophene rings is 1. The van der Waals surface area contributed by atoms with Crippen LogP contribution in [-0.2, 0) is 16.0 Å². The van der Waals surface area contributed by atoms with E-state index >= 15 is 0 Å². The minimum absolute atomic E-state index is 0.558. The van der Waals surface area contributed by atoms with Crippen LogP contribution in [0.3, 0.4) is 0 Å². The van der Waals surface area contributed by atoms with Crippen molar-refractivity contribution in [2.24, 2.45) is 11.8 Å². The van der Waals surface area contributed by atoms with Crippen molar-refractivity contribution in [2.75, 3.05) is 19.6 Å². The summed E-state index contributed by atoms with van der Waals surface area (Å²) < 4.78 is 5.43. The summed E-state index contributed by atoms with van der Waals surface area (Å²) in [6.07, 6.45) is 4.75. The Balaban J connectivity index is 0.000000226. The van der Waals surface area contributed by atoms with E-state index in [1.54, 1.807) is 11.3 Å². The number of aromatic nitrogens is 2. The van der Waals surface area contributed by atoms with E-state index < -0.39 is 11.9 Å². The first-order valence-electron chi connectivity index (χ1n) is 8.74. The first-order valence-corrected chi connectivity index (χ1v) is 9.62. The highest BCUT2D eigenvalue weighted by molar-refractivity contribution is 7.13. The molecule has 5 heterocycles. The second-order valence-corrected chi connectivity index (χ2v) is 7.55. The number of hydrogen-bond donors (Lipinski definition) is 2. The molecule has 0 spiro atoms. The molecule has 1 unspecified atom stereocenters. The molecule has 0 saturated carbocycles. The number of hydrogen-bond acceptors (Lipinski definition) is 7. The lowest BCUT2D eigenvalue weighted by atomic mass is 9.77. The van der Waals surface area contributed by atoms with Crippen molar-refractivity contribution in [3.8, 4) is 10.7 Å². The molecule has 3 aliphatic rings. The Kier molecular flexibility index (Phi) is 6.36. The molecule has 9 heteroatoms. The number of piperidine rings is 3. The van der Waals surface area contributed by atoms with Gasteiger partial charge in [0.25, 0.3) is 0 Å². The van der Waals surface area contributed by atoms with E-state index in [0.29, 0.717) is 18.1 Å². The van der Waals surface area contributed by atoms with Gasteiger partial charge in [-0.15, -0.1) is 11.3 Å². The topological polar surface area (TPSA) is 117 Å². The first kappa shape index (κ1) is 19.2. The molecule has 27 heavy (non-hydrogen) atoms. The number of carboxylic acids is 2. The van der Waals surface area contributed by atoms with E-state index in [4.69, 9.17) is 14.7 Å². The van der Waals surface area contributed by atoms with Gasteiger partial charge in [-0.1, -0.05) is 11.2 Å². The van der Waals surface area contributed by atoms with Crippen LogP contribution in [0, 0.1) is 11.8 Å². The monoisotopic (exact) mass is 391 g/mol. The Bertz CT molecular complexity index is 778. The van der Waals surface area contributed by atoms with Crippen molar-refractivity contribution >= 4 is 23.3 Å². The summed E-state index contributed by atoms with van der Waals surface area (Å²) in [5, 5.41) is 21.8. The minimum atomic E-state index is -1.26. The van der Waals surface area contributed by atoms with Crippen LogP contribution in [0.15, 0.2) is 34.2 Å². The number of nitrogens with zero attached hydrogens (tertiary/aromatic N) is 3. The Morgan fingerprint density at radius 2 is 1.96 bits per heavy atom. The Hall–Kier alpha value is -2.52. The highest BCUT2D eigenvalue weighted by atomic mass is 32.1. The van der Waals surface area contributed by atoms with Crippen LogP contribution in [0.25, 0.3) is 10.7 Å². The summed E-state index contributed by atoms with van der Waals surface area (Å²) in [5.74, 6) is 0.606. The van der Waals surface area contributed by atoms with Gasteiger partial charge in [-0.2, -0.15) is 4.98 Å². The average Bonchev–Trinajstić information content (AvgIpc) is 3.33. The van der Waals surface area contributed by atoms with Gasteiger partial charge in [0.15, 0.2) is 0 Å². The van der Waals surface area contributed by atoms with Gasteiger partial charge in [-0.25, -0.2) is 9.59 Å². The summed E-state index contributed by atoms with van der Waals surface area (Å²) in [4.78, 5) is 27.3. The molecular weight excluding hydrogens is 370 g/mol. The quantitative estimate of drug-likeness (QED) is 0.746. The smallest absolute Gasteiger partial charge is 0.328 e. The van der Waals surface area contributed by atoms with Crippen LogP contribution >= 0.6 is 11.3 Å². The maximum atomic E-state index is 9.55. The van der Waals surface area contributed by atoms with Crippen LogP contribution in [0.1, 0.15) is 18.7 Å². The average molecular weight is 391 g/mol. The predicted octanol–water partition coefficient (Wildman–Crippen LogP) is 2.39. The first-order chi connectivity index (χ1) is 13.0. The van der Waals surface area contributed by atoms with Crippen LogP contribution in [0.5, 0.6) is 0 Å². The summed E-state index contributed by atoms with van der Waals surface area (Å²) >= 11 is 1.65. The lowest BCUT2D eigenvalue weighted by Gasteiger charge is -2.44. The molecule has 2 bridgehead atoms. The molecule has 8 nitrogen and oxygen atoms in total. The lowest BCUT2D eigenvalue weighted by Crippen LogP contribution is -2.48. The van der Waals surface area contributed by atoms with Crippen molar-refractivity contribution in [1.29, 1.82) is 0 Å². The molecule has 0 radical (unpaired) electrons. The number of carboxylic acid groups (broad SMARTS) is 2. The number of rotatable bonds is 5. The summed E-state index contributed by atoms with van der Waals surface area (Å²) in [7, 11) is 0. The second kappa shape index (κ2) is 8.92. The zero-order valence-corrected chi connectivity index (χ0v) is 15.5. The molecule has 0 amide bonds. The van der Waals surface area contributed by atoms with E-state index in [1.165, 1.54) is 32.5 Å². The van der Waals surface area contributed by atoms with Crippen molar-refractivity contribution in [2.45, 2.75) is 19.3 Å². The van der Waals surface area contributed by atoms with Gasteiger partial charge in [0.2, 0.25) is 11.7 Å². The van der Waals surface area contributed by atoms with Crippen LogP contribution in [-0.4, -0.2) is 56.8 Å². The molecular formula is C18H21N3O5S. The number of fused-ring (bicyclic) bond motifs is 3. The van der Waals surface area contributed by atoms with E-state index in [1.807, 2.05) is 17.5 Å². The molecule has 2 aromatic heterocycles. The van der Waals surface area contributed by atoms with Gasteiger partial charge in [-0.05, 0) is 49.2 Å². The fourth-order valence-electron chi connectivity index (χ4n) is 3.53. The minimum Gasteiger partial charge on any atom is -0.478 e. The molecule has 3 fully saturated rings. The summed E-state index contributed by atoms with van der Waals surface area (Å²) in [6, 6.07) is 4.05. The lowest BCUT2D eigenvalue weighted by molar-refractivity contribution is -0.134.